The van der Waals surface area contributed by atoms with Gasteiger partial charge in [0.15, 0.2) is 5.82 Å². The average Bonchev–Trinajstić information content (AvgIpc) is 2.35. The third-order valence-corrected chi connectivity index (χ3v) is 3.89. The van der Waals surface area contributed by atoms with E-state index in [1.54, 1.807) is 24.0 Å². The molecule has 1 N–H and O–H groups in total. The molecule has 1 saturated heterocycles. The molecule has 5 nitrogen and oxygen atoms in total. The van der Waals surface area contributed by atoms with Crippen molar-refractivity contribution in [2.45, 2.75) is 19.8 Å². The van der Waals surface area contributed by atoms with Crippen LogP contribution in [0.15, 0.2) is 17.2 Å². The molecule has 18 heavy (non-hydrogen) atoms. The molecule has 1 fully saturated rings. The van der Waals surface area contributed by atoms with Crippen molar-refractivity contribution < 1.29 is 0 Å². The Bertz CT molecular complexity index is 460. The summed E-state index contributed by atoms with van der Waals surface area (Å²) in [6.45, 7) is 5.34. The fourth-order valence-corrected chi connectivity index (χ4v) is 2.25. The third-order valence-electron chi connectivity index (χ3n) is 3.89. The van der Waals surface area contributed by atoms with Gasteiger partial charge in [-0.3, -0.25) is 4.79 Å². The molecular formula is C13H22N4O. The predicted octanol–water partition coefficient (Wildman–Crippen LogP) is 0.924. The molecule has 0 aliphatic carbocycles. The molecule has 1 aliphatic rings. The van der Waals surface area contributed by atoms with Gasteiger partial charge in [-0.15, -0.1) is 0 Å². The summed E-state index contributed by atoms with van der Waals surface area (Å²) in [5, 5.41) is 3.22. The van der Waals surface area contributed by atoms with E-state index < -0.39 is 0 Å². The van der Waals surface area contributed by atoms with Crippen molar-refractivity contribution >= 4 is 5.82 Å². The molecule has 0 aromatic carbocycles. The van der Waals surface area contributed by atoms with Gasteiger partial charge >= 0.3 is 0 Å². The Morgan fingerprint density at radius 2 is 2.06 bits per heavy atom. The smallest absolute Gasteiger partial charge is 0.293 e. The number of aromatic nitrogens is 2. The molecule has 0 radical (unpaired) electrons. The van der Waals surface area contributed by atoms with Crippen LogP contribution in [0.4, 0.5) is 5.82 Å². The zero-order chi connectivity index (χ0) is 13.2. The van der Waals surface area contributed by atoms with Gasteiger partial charge in [0.1, 0.15) is 0 Å². The van der Waals surface area contributed by atoms with Crippen molar-refractivity contribution in [1.82, 2.24) is 14.5 Å². The highest BCUT2D eigenvalue weighted by Crippen LogP contribution is 2.30. The van der Waals surface area contributed by atoms with Gasteiger partial charge in [0.05, 0.1) is 0 Å². The first-order chi connectivity index (χ1) is 8.50. The minimum atomic E-state index is -0.0611. The second-order valence-electron chi connectivity index (χ2n) is 5.66. The maximum Gasteiger partial charge on any atom is 0.293 e. The molecule has 0 spiro atoms. The Kier molecular flexibility index (Phi) is 3.71. The van der Waals surface area contributed by atoms with Gasteiger partial charge < -0.3 is 14.8 Å². The van der Waals surface area contributed by atoms with Crippen LogP contribution in [-0.4, -0.2) is 41.1 Å². The van der Waals surface area contributed by atoms with Crippen LogP contribution in [0.3, 0.4) is 0 Å². The summed E-state index contributed by atoms with van der Waals surface area (Å²) in [5.41, 5.74) is 0.198. The molecule has 2 heterocycles. The van der Waals surface area contributed by atoms with Crippen molar-refractivity contribution in [3.05, 3.63) is 22.7 Å². The van der Waals surface area contributed by atoms with E-state index in [1.807, 2.05) is 0 Å². The quantitative estimate of drug-likeness (QED) is 0.867. The molecule has 100 valence electrons. The highest BCUT2D eigenvalue weighted by atomic mass is 16.1. The Labute approximate surface area is 108 Å². The molecule has 1 aliphatic heterocycles. The van der Waals surface area contributed by atoms with Crippen molar-refractivity contribution in [3.8, 4) is 0 Å². The number of aryl methyl sites for hydroxylation is 1. The molecule has 0 saturated carbocycles. The average molecular weight is 250 g/mol. The molecule has 1 aromatic heterocycles. The highest BCUT2D eigenvalue weighted by Gasteiger charge is 2.28. The number of nitrogens with zero attached hydrogens (tertiary/aromatic N) is 3. The zero-order valence-electron chi connectivity index (χ0n) is 11.4. The van der Waals surface area contributed by atoms with Gasteiger partial charge in [0.25, 0.3) is 5.56 Å². The molecule has 0 amide bonds. The lowest BCUT2D eigenvalue weighted by Crippen LogP contribution is -2.40. The summed E-state index contributed by atoms with van der Waals surface area (Å²) in [6, 6.07) is 0. The standard InChI is InChI=1S/C13H22N4O/c1-13(4-7-16(2)8-5-13)10-15-11-12(18)17(3)9-6-14-11/h6,9H,4-5,7-8,10H2,1-3H3,(H,14,15). The van der Waals surface area contributed by atoms with Gasteiger partial charge in [0, 0.05) is 26.0 Å². The van der Waals surface area contributed by atoms with Crippen LogP contribution >= 0.6 is 0 Å². The Hall–Kier alpha value is -1.36. The van der Waals surface area contributed by atoms with Crippen molar-refractivity contribution in [2.24, 2.45) is 12.5 Å². The van der Waals surface area contributed by atoms with E-state index in [1.165, 1.54) is 0 Å². The summed E-state index contributed by atoms with van der Waals surface area (Å²) >= 11 is 0. The van der Waals surface area contributed by atoms with E-state index in [9.17, 15) is 4.79 Å². The lowest BCUT2D eigenvalue weighted by molar-refractivity contribution is 0.150. The summed E-state index contributed by atoms with van der Waals surface area (Å²) in [5.74, 6) is 0.458. The van der Waals surface area contributed by atoms with Crippen molar-refractivity contribution in [2.75, 3.05) is 32.0 Å². The third kappa shape index (κ3) is 2.90. The first kappa shape index (κ1) is 13.1. The van der Waals surface area contributed by atoms with Crippen LogP contribution in [0.25, 0.3) is 0 Å². The van der Waals surface area contributed by atoms with Crippen LogP contribution in [0, 0.1) is 5.41 Å². The summed E-state index contributed by atoms with van der Waals surface area (Å²) in [6.07, 6.45) is 5.64. The van der Waals surface area contributed by atoms with Gasteiger partial charge in [-0.25, -0.2) is 4.98 Å². The first-order valence-corrected chi connectivity index (χ1v) is 6.44. The second-order valence-corrected chi connectivity index (χ2v) is 5.66. The molecule has 2 rings (SSSR count). The minimum Gasteiger partial charge on any atom is -0.365 e. The van der Waals surface area contributed by atoms with Gasteiger partial charge in [-0.1, -0.05) is 6.92 Å². The summed E-state index contributed by atoms with van der Waals surface area (Å²) < 4.78 is 1.55. The number of nitrogens with one attached hydrogen (secondary N) is 1. The van der Waals surface area contributed by atoms with E-state index in [0.717, 1.165) is 32.5 Å². The second kappa shape index (κ2) is 5.10. The first-order valence-electron chi connectivity index (χ1n) is 6.44. The molecular weight excluding hydrogens is 228 g/mol. The van der Waals surface area contributed by atoms with Crippen LogP contribution in [0.1, 0.15) is 19.8 Å². The fraction of sp³-hybridized carbons (Fsp3) is 0.692. The fourth-order valence-electron chi connectivity index (χ4n) is 2.25. The molecule has 0 atom stereocenters. The van der Waals surface area contributed by atoms with Crippen LogP contribution in [-0.2, 0) is 7.05 Å². The van der Waals surface area contributed by atoms with E-state index in [0.29, 0.717) is 5.82 Å². The topological polar surface area (TPSA) is 50.2 Å². The van der Waals surface area contributed by atoms with Gasteiger partial charge in [-0.05, 0) is 38.4 Å². The highest BCUT2D eigenvalue weighted by molar-refractivity contribution is 5.31. The lowest BCUT2D eigenvalue weighted by Gasteiger charge is -2.38. The van der Waals surface area contributed by atoms with Crippen molar-refractivity contribution in [3.63, 3.8) is 0 Å². The summed E-state index contributed by atoms with van der Waals surface area (Å²) in [7, 11) is 3.90. The van der Waals surface area contributed by atoms with Crippen LogP contribution in [0.2, 0.25) is 0 Å². The molecule has 5 heteroatoms. The van der Waals surface area contributed by atoms with E-state index in [2.05, 4.69) is 29.2 Å². The monoisotopic (exact) mass is 250 g/mol. The van der Waals surface area contributed by atoms with Gasteiger partial charge in [0.2, 0.25) is 0 Å². The van der Waals surface area contributed by atoms with Crippen LogP contribution in [0.5, 0.6) is 0 Å². The maximum absolute atomic E-state index is 11.8. The normalized spacial score (nSPS) is 19.7. The molecule has 1 aromatic rings. The minimum absolute atomic E-state index is 0.0611. The van der Waals surface area contributed by atoms with Crippen molar-refractivity contribution in [1.29, 1.82) is 0 Å². The molecule has 0 unspecified atom stereocenters. The number of likely N-dealkylation sites (tertiary alicyclic amines) is 1. The van der Waals surface area contributed by atoms with E-state index >= 15 is 0 Å². The Morgan fingerprint density at radius 3 is 2.72 bits per heavy atom. The van der Waals surface area contributed by atoms with E-state index in [-0.39, 0.29) is 11.0 Å². The summed E-state index contributed by atoms with van der Waals surface area (Å²) in [4.78, 5) is 18.3. The Balaban J connectivity index is 1.99. The Morgan fingerprint density at radius 1 is 1.39 bits per heavy atom. The number of rotatable bonds is 3. The largest absolute Gasteiger partial charge is 0.365 e. The number of hydrogen-bond acceptors (Lipinski definition) is 4. The zero-order valence-corrected chi connectivity index (χ0v) is 11.4. The predicted molar refractivity (Wildman–Crippen MR) is 72.8 cm³/mol. The SMILES string of the molecule is CN1CCC(C)(CNc2nccn(C)c2=O)CC1. The number of piperidine rings is 1. The lowest BCUT2D eigenvalue weighted by atomic mass is 9.80. The number of hydrogen-bond donors (Lipinski definition) is 1. The van der Waals surface area contributed by atoms with E-state index in [4.69, 9.17) is 0 Å². The number of anilines is 1. The molecule has 0 bridgehead atoms. The maximum atomic E-state index is 11.8. The van der Waals surface area contributed by atoms with Crippen LogP contribution < -0.4 is 10.9 Å². The van der Waals surface area contributed by atoms with Gasteiger partial charge in [-0.2, -0.15) is 0 Å².